The molecule has 21 heteroatoms. The molecular formula is C38H52N8O12S. The number of aliphatic carboxylic acids is 2. The lowest BCUT2D eigenvalue weighted by Crippen LogP contribution is -2.61. The van der Waals surface area contributed by atoms with Crippen molar-refractivity contribution in [2.45, 2.75) is 95.2 Å². The highest BCUT2D eigenvalue weighted by Crippen LogP contribution is 2.13. The molecule has 2 aromatic rings. The molecule has 322 valence electrons. The number of rotatable bonds is 24. The van der Waals surface area contributed by atoms with E-state index in [1.165, 1.54) is 31.2 Å². The van der Waals surface area contributed by atoms with Crippen LogP contribution in [-0.2, 0) is 56.0 Å². The molecule has 0 saturated carbocycles. The van der Waals surface area contributed by atoms with Crippen LogP contribution in [0.2, 0.25) is 0 Å². The van der Waals surface area contributed by atoms with Crippen LogP contribution in [-0.4, -0.2) is 117 Å². The largest absolute Gasteiger partial charge is 0.508 e. The van der Waals surface area contributed by atoms with Gasteiger partial charge in [0.25, 0.3) is 0 Å². The monoisotopic (exact) mass is 844 g/mol. The van der Waals surface area contributed by atoms with Gasteiger partial charge < -0.3 is 58.7 Å². The Balaban J connectivity index is 2.22. The average Bonchev–Trinajstić information content (AvgIpc) is 3.18. The van der Waals surface area contributed by atoms with Gasteiger partial charge in [0, 0.05) is 18.6 Å². The van der Waals surface area contributed by atoms with Gasteiger partial charge in [-0.25, -0.2) is 4.79 Å². The highest BCUT2D eigenvalue weighted by molar-refractivity contribution is 7.80. The summed E-state index contributed by atoms with van der Waals surface area (Å²) in [4.78, 5) is 115. The first-order valence-electron chi connectivity index (χ1n) is 18.5. The van der Waals surface area contributed by atoms with Crippen LogP contribution in [0.3, 0.4) is 0 Å². The third-order valence-electron chi connectivity index (χ3n) is 9.04. The van der Waals surface area contributed by atoms with Gasteiger partial charge in [-0.1, -0.05) is 62.7 Å². The summed E-state index contributed by atoms with van der Waals surface area (Å²) >= 11 is 4.11. The second-order valence-corrected chi connectivity index (χ2v) is 14.2. The van der Waals surface area contributed by atoms with E-state index in [0.717, 1.165) is 0 Å². The van der Waals surface area contributed by atoms with Crippen molar-refractivity contribution in [1.29, 1.82) is 0 Å². The van der Waals surface area contributed by atoms with E-state index < -0.39 is 114 Å². The van der Waals surface area contributed by atoms with Crippen molar-refractivity contribution in [3.05, 3.63) is 65.7 Å². The van der Waals surface area contributed by atoms with Crippen LogP contribution < -0.4 is 43.4 Å². The van der Waals surface area contributed by atoms with Crippen LogP contribution in [0.1, 0.15) is 51.2 Å². The molecule has 0 radical (unpaired) electrons. The minimum Gasteiger partial charge on any atom is -0.508 e. The predicted octanol–water partition coefficient (Wildman–Crippen LogP) is -2.16. The molecular weight excluding hydrogens is 793 g/mol. The summed E-state index contributed by atoms with van der Waals surface area (Å²) in [6.45, 7) is 4.58. The summed E-state index contributed by atoms with van der Waals surface area (Å²) < 4.78 is 0. The zero-order chi connectivity index (χ0) is 44.4. The second-order valence-electron chi connectivity index (χ2n) is 13.8. The van der Waals surface area contributed by atoms with Crippen molar-refractivity contribution >= 4 is 65.9 Å². The van der Waals surface area contributed by atoms with Gasteiger partial charge in [-0.2, -0.15) is 12.6 Å². The van der Waals surface area contributed by atoms with Gasteiger partial charge in [-0.05, 0) is 36.1 Å². The van der Waals surface area contributed by atoms with E-state index in [-0.39, 0.29) is 24.3 Å². The molecule has 0 bridgehead atoms. The second kappa shape index (κ2) is 23.9. The first-order valence-corrected chi connectivity index (χ1v) is 19.1. The molecule has 2 rings (SSSR count). The van der Waals surface area contributed by atoms with Crippen LogP contribution in [0, 0.1) is 5.92 Å². The Morgan fingerprint density at radius 1 is 0.627 bits per heavy atom. The number of amides is 7. The van der Waals surface area contributed by atoms with Crippen LogP contribution in [0.4, 0.5) is 0 Å². The smallest absolute Gasteiger partial charge is 0.326 e. The van der Waals surface area contributed by atoms with Crippen molar-refractivity contribution < 1.29 is 58.5 Å². The molecule has 20 nitrogen and oxygen atoms in total. The zero-order valence-electron chi connectivity index (χ0n) is 32.7. The number of primary amides is 1. The number of hydrogen-bond donors (Lipinski definition) is 12. The van der Waals surface area contributed by atoms with Crippen molar-refractivity contribution in [3.8, 4) is 5.75 Å². The normalized spacial score (nSPS) is 14.9. The lowest BCUT2D eigenvalue weighted by atomic mass is 9.97. The van der Waals surface area contributed by atoms with Gasteiger partial charge in [0.05, 0.1) is 18.9 Å². The van der Waals surface area contributed by atoms with Gasteiger partial charge >= 0.3 is 11.9 Å². The van der Waals surface area contributed by atoms with E-state index in [1.807, 2.05) is 0 Å². The number of carboxylic acids is 2. The number of carbonyl (C=O) groups excluding carboxylic acids is 7. The predicted molar refractivity (Wildman–Crippen MR) is 214 cm³/mol. The van der Waals surface area contributed by atoms with Crippen LogP contribution in [0.5, 0.6) is 5.75 Å². The quantitative estimate of drug-likeness (QED) is 0.0502. The number of carbonyl (C=O) groups is 9. The fourth-order valence-corrected chi connectivity index (χ4v) is 5.71. The molecule has 59 heavy (non-hydrogen) atoms. The number of nitrogens with one attached hydrogen (secondary N) is 6. The third kappa shape index (κ3) is 16.7. The molecule has 0 aromatic heterocycles. The van der Waals surface area contributed by atoms with Crippen molar-refractivity contribution in [2.24, 2.45) is 17.4 Å². The standard InChI is InChI=1S/C38H52N8O12S/c1-4-19(2)31(46-33(52)24(39)16-30(49)50)37(56)45-28(18-59)36(55)43-26(17-29(40)48)34(53)41-20(3)32(51)42-25(14-22-10-12-23(47)13-11-22)35(54)44-27(38(57)58)15-21-8-6-5-7-9-21/h5-13,19-20,24-28,31,47,59H,4,14-18,39H2,1-3H3,(H2,40,48)(H,41,53)(H,42,51)(H,43,55)(H,44,54)(H,45,56)(H,46,52)(H,49,50)(H,57,58). The molecule has 0 spiro atoms. The molecule has 0 aliphatic carbocycles. The molecule has 0 fully saturated rings. The van der Waals surface area contributed by atoms with E-state index in [1.54, 1.807) is 44.2 Å². The van der Waals surface area contributed by atoms with E-state index in [0.29, 0.717) is 17.5 Å². The van der Waals surface area contributed by atoms with E-state index >= 15 is 0 Å². The molecule has 0 aliphatic rings. The number of aromatic hydroxyl groups is 1. The van der Waals surface area contributed by atoms with E-state index in [4.69, 9.17) is 16.6 Å². The Morgan fingerprint density at radius 3 is 1.68 bits per heavy atom. The first-order chi connectivity index (χ1) is 27.7. The number of hydrogen-bond acceptors (Lipinski definition) is 12. The highest BCUT2D eigenvalue weighted by Gasteiger charge is 2.34. The Labute approximate surface area is 345 Å². The zero-order valence-corrected chi connectivity index (χ0v) is 33.6. The Kier molecular flexibility index (Phi) is 19.8. The number of phenolic OH excluding ortho intramolecular Hbond substituents is 1. The maximum absolute atomic E-state index is 13.5. The maximum atomic E-state index is 13.5. The molecule has 8 unspecified atom stereocenters. The SMILES string of the molecule is CCC(C)C(NC(=O)C(N)CC(=O)O)C(=O)NC(CS)C(=O)NC(CC(N)=O)C(=O)NC(C)C(=O)NC(Cc1ccc(O)cc1)C(=O)NC(Cc1ccccc1)C(=O)O. The highest BCUT2D eigenvalue weighted by atomic mass is 32.1. The van der Waals surface area contributed by atoms with Crippen LogP contribution >= 0.6 is 12.6 Å². The van der Waals surface area contributed by atoms with Crippen molar-refractivity contribution in [2.75, 3.05) is 5.75 Å². The number of benzene rings is 2. The number of phenols is 1. The minimum absolute atomic E-state index is 0.0662. The summed E-state index contributed by atoms with van der Waals surface area (Å²) in [6, 6.07) is 4.15. The first kappa shape index (κ1) is 48.9. The molecule has 0 heterocycles. The molecule has 13 N–H and O–H groups in total. The van der Waals surface area contributed by atoms with Crippen molar-refractivity contribution in [1.82, 2.24) is 31.9 Å². The van der Waals surface area contributed by atoms with Crippen LogP contribution in [0.15, 0.2) is 54.6 Å². The summed E-state index contributed by atoms with van der Waals surface area (Å²) in [5.41, 5.74) is 12.1. The lowest BCUT2D eigenvalue weighted by Gasteiger charge is -2.28. The van der Waals surface area contributed by atoms with Crippen LogP contribution in [0.25, 0.3) is 0 Å². The average molecular weight is 845 g/mol. The number of thiol groups is 1. The summed E-state index contributed by atoms with van der Waals surface area (Å²) in [6.07, 6.45) is -1.32. The Bertz CT molecular complexity index is 1820. The van der Waals surface area contributed by atoms with E-state index in [2.05, 4.69) is 44.5 Å². The fourth-order valence-electron chi connectivity index (χ4n) is 5.46. The number of nitrogens with two attached hydrogens (primary N) is 2. The summed E-state index contributed by atoms with van der Waals surface area (Å²) in [5.74, 6) is -10.2. The molecule has 0 saturated heterocycles. The Hall–Kier alpha value is -6.22. The van der Waals surface area contributed by atoms with Gasteiger partial charge in [-0.3, -0.25) is 38.4 Å². The minimum atomic E-state index is -1.68. The number of carboxylic acid groups (broad SMARTS) is 2. The maximum Gasteiger partial charge on any atom is 0.326 e. The molecule has 2 aromatic carbocycles. The van der Waals surface area contributed by atoms with E-state index in [9.17, 15) is 53.4 Å². The lowest BCUT2D eigenvalue weighted by molar-refractivity contribution is -0.142. The summed E-state index contributed by atoms with van der Waals surface area (Å²) in [7, 11) is 0. The van der Waals surface area contributed by atoms with Gasteiger partial charge in [0.15, 0.2) is 0 Å². The van der Waals surface area contributed by atoms with Gasteiger partial charge in [0.2, 0.25) is 41.4 Å². The topological polar surface area (TPSA) is 339 Å². The molecule has 0 aliphatic heterocycles. The van der Waals surface area contributed by atoms with Gasteiger partial charge in [0.1, 0.15) is 42.0 Å². The Morgan fingerprint density at radius 2 is 1.14 bits per heavy atom. The summed E-state index contributed by atoms with van der Waals surface area (Å²) in [5, 5.41) is 42.9. The fraction of sp³-hybridized carbons (Fsp3) is 0.447. The molecule has 8 atom stereocenters. The van der Waals surface area contributed by atoms with Crippen molar-refractivity contribution in [3.63, 3.8) is 0 Å². The third-order valence-corrected chi connectivity index (χ3v) is 9.40. The molecule has 7 amide bonds. The van der Waals surface area contributed by atoms with Gasteiger partial charge in [-0.15, -0.1) is 0 Å².